The number of pyridine rings is 1. The van der Waals surface area contributed by atoms with Gasteiger partial charge in [0.2, 0.25) is 0 Å². The van der Waals surface area contributed by atoms with Crippen molar-refractivity contribution in [2.45, 2.75) is 12.6 Å². The second-order valence-electron chi connectivity index (χ2n) is 5.53. The predicted octanol–water partition coefficient (Wildman–Crippen LogP) is 1.79. The Morgan fingerprint density at radius 3 is 3.19 bits per heavy atom. The lowest BCUT2D eigenvalue weighted by Gasteiger charge is -2.28. The number of fused-ring (bicyclic) bond motifs is 1. The van der Waals surface area contributed by atoms with Crippen LogP contribution in [-0.2, 0) is 11.3 Å². The van der Waals surface area contributed by atoms with Crippen LogP contribution in [0.1, 0.15) is 5.56 Å². The normalized spacial score (nSPS) is 19.3. The molecule has 1 aliphatic heterocycles. The molecule has 2 aromatic rings. The average molecular weight is 289 g/mol. The molecule has 4 nitrogen and oxygen atoms in total. The molecule has 1 aliphatic rings. The van der Waals surface area contributed by atoms with E-state index in [2.05, 4.69) is 15.2 Å². The maximum absolute atomic E-state index is 13.7. The number of aromatic nitrogens is 1. The summed E-state index contributed by atoms with van der Waals surface area (Å²) in [5.41, 5.74) is 1.78. The number of nitrogens with one attached hydrogen (secondary N) is 1. The fraction of sp³-hybridized carbons (Fsp3) is 0.438. The number of benzene rings is 1. The van der Waals surface area contributed by atoms with Crippen molar-refractivity contribution < 1.29 is 9.13 Å². The van der Waals surface area contributed by atoms with Gasteiger partial charge < -0.3 is 10.1 Å². The molecule has 1 N–H and O–H groups in total. The summed E-state index contributed by atoms with van der Waals surface area (Å²) in [7, 11) is 2.03. The maximum Gasteiger partial charge on any atom is 0.124 e. The van der Waals surface area contributed by atoms with Crippen LogP contribution in [-0.4, -0.2) is 49.3 Å². The summed E-state index contributed by atoms with van der Waals surface area (Å²) >= 11 is 0. The van der Waals surface area contributed by atoms with Crippen LogP contribution in [0.2, 0.25) is 0 Å². The van der Waals surface area contributed by atoms with Crippen molar-refractivity contribution in [2.75, 3.05) is 33.3 Å². The molecule has 1 saturated heterocycles. The zero-order valence-corrected chi connectivity index (χ0v) is 12.2. The van der Waals surface area contributed by atoms with Crippen molar-refractivity contribution in [3.05, 3.63) is 41.8 Å². The van der Waals surface area contributed by atoms with Crippen LogP contribution in [0.15, 0.2) is 30.5 Å². The summed E-state index contributed by atoms with van der Waals surface area (Å²) in [6, 6.07) is 6.83. The summed E-state index contributed by atoms with van der Waals surface area (Å²) in [4.78, 5) is 6.54. The monoisotopic (exact) mass is 289 g/mol. The van der Waals surface area contributed by atoms with E-state index < -0.39 is 0 Å². The highest BCUT2D eigenvalue weighted by Gasteiger charge is 2.16. The van der Waals surface area contributed by atoms with Crippen molar-refractivity contribution in [1.82, 2.24) is 15.2 Å². The number of rotatable bonds is 4. The van der Waals surface area contributed by atoms with Crippen molar-refractivity contribution >= 4 is 10.9 Å². The van der Waals surface area contributed by atoms with Gasteiger partial charge in [0.15, 0.2) is 0 Å². The molecule has 21 heavy (non-hydrogen) atoms. The minimum Gasteiger partial charge on any atom is -0.374 e. The van der Waals surface area contributed by atoms with Crippen molar-refractivity contribution in [3.63, 3.8) is 0 Å². The lowest BCUT2D eigenvalue weighted by atomic mass is 10.1. The van der Waals surface area contributed by atoms with Crippen LogP contribution in [0.4, 0.5) is 4.39 Å². The minimum absolute atomic E-state index is 0.191. The summed E-state index contributed by atoms with van der Waals surface area (Å²) in [5, 5.41) is 4.16. The molecule has 0 radical (unpaired) electrons. The Bertz CT molecular complexity index is 613. The Morgan fingerprint density at radius 1 is 1.48 bits per heavy atom. The molecule has 2 heterocycles. The molecule has 1 atom stereocenters. The van der Waals surface area contributed by atoms with Crippen molar-refractivity contribution in [1.29, 1.82) is 0 Å². The number of nitrogens with zero attached hydrogens (tertiary/aromatic N) is 2. The smallest absolute Gasteiger partial charge is 0.124 e. The minimum atomic E-state index is -0.213. The third-order valence-electron chi connectivity index (χ3n) is 3.71. The second kappa shape index (κ2) is 6.47. The maximum atomic E-state index is 13.7. The number of likely N-dealkylation sites (N-methyl/N-ethyl adjacent to an activating group) is 1. The van der Waals surface area contributed by atoms with Gasteiger partial charge in [-0.1, -0.05) is 6.07 Å². The highest BCUT2D eigenvalue weighted by atomic mass is 19.1. The lowest BCUT2D eigenvalue weighted by molar-refractivity contribution is 0.00889. The number of hydrogen-bond donors (Lipinski definition) is 1. The number of morpholine rings is 1. The molecule has 0 spiro atoms. The van der Waals surface area contributed by atoms with Gasteiger partial charge in [-0.25, -0.2) is 4.39 Å². The van der Waals surface area contributed by atoms with Crippen LogP contribution in [0, 0.1) is 5.82 Å². The van der Waals surface area contributed by atoms with Gasteiger partial charge in [-0.15, -0.1) is 0 Å². The quantitative estimate of drug-likeness (QED) is 0.931. The Balaban J connectivity index is 1.74. The summed E-state index contributed by atoms with van der Waals surface area (Å²) in [6.45, 7) is 4.01. The van der Waals surface area contributed by atoms with E-state index in [4.69, 9.17) is 4.74 Å². The van der Waals surface area contributed by atoms with Crippen molar-refractivity contribution in [2.24, 2.45) is 0 Å². The number of hydrogen-bond acceptors (Lipinski definition) is 4. The van der Waals surface area contributed by atoms with Gasteiger partial charge >= 0.3 is 0 Å². The van der Waals surface area contributed by atoms with Crippen LogP contribution in [0.3, 0.4) is 0 Å². The van der Waals surface area contributed by atoms with E-state index in [1.807, 2.05) is 19.2 Å². The Hall–Kier alpha value is -1.56. The Labute approximate surface area is 123 Å². The molecule has 3 rings (SSSR count). The third kappa shape index (κ3) is 3.56. The van der Waals surface area contributed by atoms with E-state index in [-0.39, 0.29) is 11.9 Å². The van der Waals surface area contributed by atoms with Gasteiger partial charge in [-0.3, -0.25) is 9.88 Å². The largest absolute Gasteiger partial charge is 0.374 e. The van der Waals surface area contributed by atoms with Crippen LogP contribution < -0.4 is 5.32 Å². The van der Waals surface area contributed by atoms with Gasteiger partial charge in [0.05, 0.1) is 18.2 Å². The standard InChI is InChI=1S/C16H20FN3O/c1-20(11-15-9-18-5-6-21-15)10-13-8-14(17)7-12-3-2-4-19-16(12)13/h2-4,7-8,15,18H,5-6,9-11H2,1H3. The molecule has 0 amide bonds. The Morgan fingerprint density at radius 2 is 2.38 bits per heavy atom. The third-order valence-corrected chi connectivity index (χ3v) is 3.71. The van der Waals surface area contributed by atoms with E-state index in [9.17, 15) is 4.39 Å². The zero-order valence-electron chi connectivity index (χ0n) is 12.2. The topological polar surface area (TPSA) is 37.4 Å². The second-order valence-corrected chi connectivity index (χ2v) is 5.53. The van der Waals surface area contributed by atoms with Gasteiger partial charge in [0.25, 0.3) is 0 Å². The Kier molecular flexibility index (Phi) is 4.43. The van der Waals surface area contributed by atoms with Gasteiger partial charge in [0, 0.05) is 37.8 Å². The van der Waals surface area contributed by atoms with Gasteiger partial charge in [0.1, 0.15) is 5.82 Å². The van der Waals surface area contributed by atoms with Crippen molar-refractivity contribution in [3.8, 4) is 0 Å². The SMILES string of the molecule is CN(Cc1cc(F)cc2cccnc12)CC1CNCCO1. The molecule has 1 fully saturated rings. The number of halogens is 1. The highest BCUT2D eigenvalue weighted by Crippen LogP contribution is 2.19. The van der Waals surface area contributed by atoms with E-state index in [0.29, 0.717) is 6.54 Å². The predicted molar refractivity (Wildman–Crippen MR) is 80.6 cm³/mol. The molecule has 5 heteroatoms. The highest BCUT2D eigenvalue weighted by molar-refractivity contribution is 5.81. The number of ether oxygens (including phenoxy) is 1. The molecular formula is C16H20FN3O. The molecule has 0 aliphatic carbocycles. The van der Waals surface area contributed by atoms with E-state index in [0.717, 1.165) is 42.7 Å². The summed E-state index contributed by atoms with van der Waals surface area (Å²) < 4.78 is 19.4. The fourth-order valence-corrected chi connectivity index (χ4v) is 2.79. The summed E-state index contributed by atoms with van der Waals surface area (Å²) in [6.07, 6.45) is 1.94. The van der Waals surface area contributed by atoms with E-state index in [1.165, 1.54) is 6.07 Å². The van der Waals surface area contributed by atoms with E-state index >= 15 is 0 Å². The zero-order chi connectivity index (χ0) is 14.7. The van der Waals surface area contributed by atoms with Crippen LogP contribution >= 0.6 is 0 Å². The van der Waals surface area contributed by atoms with Gasteiger partial charge in [-0.05, 0) is 30.8 Å². The average Bonchev–Trinajstić information content (AvgIpc) is 2.48. The lowest BCUT2D eigenvalue weighted by Crippen LogP contribution is -2.44. The first-order chi connectivity index (χ1) is 10.2. The molecule has 112 valence electrons. The van der Waals surface area contributed by atoms with E-state index in [1.54, 1.807) is 12.3 Å². The molecule has 1 unspecified atom stereocenters. The first kappa shape index (κ1) is 14.4. The molecule has 0 bridgehead atoms. The first-order valence-corrected chi connectivity index (χ1v) is 7.26. The fourth-order valence-electron chi connectivity index (χ4n) is 2.79. The van der Waals surface area contributed by atoms with Crippen LogP contribution in [0.25, 0.3) is 10.9 Å². The molecule has 0 saturated carbocycles. The molecule has 1 aromatic heterocycles. The molecular weight excluding hydrogens is 269 g/mol. The first-order valence-electron chi connectivity index (χ1n) is 7.26. The molecule has 1 aromatic carbocycles. The van der Waals surface area contributed by atoms with Crippen LogP contribution in [0.5, 0.6) is 0 Å². The van der Waals surface area contributed by atoms with Gasteiger partial charge in [-0.2, -0.15) is 0 Å². The summed E-state index contributed by atoms with van der Waals surface area (Å²) in [5.74, 6) is -0.213.